The molecule has 35 heavy (non-hydrogen) atoms. The first kappa shape index (κ1) is 25.0. The van der Waals surface area contributed by atoms with E-state index in [1.54, 1.807) is 27.8 Å². The lowest BCUT2D eigenvalue weighted by Gasteiger charge is -2.52. The first-order valence-corrected chi connectivity index (χ1v) is 14.4. The highest BCUT2D eigenvalue weighted by molar-refractivity contribution is 5.83. The van der Waals surface area contributed by atoms with Crippen molar-refractivity contribution in [1.29, 1.82) is 0 Å². The van der Waals surface area contributed by atoms with Crippen LogP contribution in [-0.2, 0) is 17.8 Å². The number of nitrogens with zero attached hydrogens (tertiary/aromatic N) is 3. The molecule has 192 valence electrons. The molecule has 2 saturated carbocycles. The third kappa shape index (κ3) is 4.97. The van der Waals surface area contributed by atoms with Crippen molar-refractivity contribution in [2.24, 2.45) is 15.8 Å². The number of piperidine rings is 1. The number of aliphatic imine (C=N–C) groups is 1. The molecule has 2 aliphatic heterocycles. The van der Waals surface area contributed by atoms with E-state index in [4.69, 9.17) is 4.99 Å². The second-order valence-corrected chi connectivity index (χ2v) is 12.6. The lowest BCUT2D eigenvalue weighted by Crippen LogP contribution is -2.57. The summed E-state index contributed by atoms with van der Waals surface area (Å²) in [5, 5.41) is 0. The van der Waals surface area contributed by atoms with E-state index in [2.05, 4.69) is 43.6 Å². The van der Waals surface area contributed by atoms with Crippen LogP contribution in [0.2, 0.25) is 0 Å². The van der Waals surface area contributed by atoms with Crippen LogP contribution >= 0.6 is 0 Å². The van der Waals surface area contributed by atoms with Crippen LogP contribution in [0.25, 0.3) is 0 Å². The Morgan fingerprint density at radius 2 is 1.77 bits per heavy atom. The van der Waals surface area contributed by atoms with Gasteiger partial charge in [-0.15, -0.1) is 0 Å². The van der Waals surface area contributed by atoms with Crippen LogP contribution in [0.5, 0.6) is 0 Å². The predicted octanol–water partition coefficient (Wildman–Crippen LogP) is 6.24. The summed E-state index contributed by atoms with van der Waals surface area (Å²) in [6.45, 7) is 14.6. The third-order valence-corrected chi connectivity index (χ3v) is 9.85. The van der Waals surface area contributed by atoms with Crippen LogP contribution in [0.3, 0.4) is 0 Å². The van der Waals surface area contributed by atoms with Gasteiger partial charge in [0.2, 0.25) is 0 Å². The average molecular weight is 478 g/mol. The number of carbonyl (C=O) groups is 1. The van der Waals surface area contributed by atoms with Crippen LogP contribution in [0, 0.1) is 17.8 Å². The molecule has 0 radical (unpaired) electrons. The summed E-state index contributed by atoms with van der Waals surface area (Å²) in [6, 6.07) is 2.64. The van der Waals surface area contributed by atoms with Gasteiger partial charge in [-0.2, -0.15) is 0 Å². The van der Waals surface area contributed by atoms with Crippen molar-refractivity contribution >= 4 is 12.1 Å². The largest absolute Gasteiger partial charge is 0.360 e. The van der Waals surface area contributed by atoms with Gasteiger partial charge >= 0.3 is 0 Å². The molecule has 4 aliphatic rings. The van der Waals surface area contributed by atoms with Gasteiger partial charge in [-0.25, -0.2) is 0 Å². The zero-order chi connectivity index (χ0) is 24.8. The summed E-state index contributed by atoms with van der Waals surface area (Å²) < 4.78 is 0. The Morgan fingerprint density at radius 1 is 1.11 bits per heavy atom. The standard InChI is InChI=1S/C31H47N3O/c1-6-26-22(3)29(24-10-11-24)27(23-8-9-23)16-25(26)18-33-19-31(7-2,20-33)17-28(32-5)34-14-12-30(4,21-35)13-15-34/h16,21,23-24H,6-15,17-20H2,1-5H3/b32-28+. The van der Waals surface area contributed by atoms with Gasteiger partial charge in [0.05, 0.1) is 5.84 Å². The molecule has 1 aromatic rings. The fourth-order valence-electron chi connectivity index (χ4n) is 7.03. The van der Waals surface area contributed by atoms with Crippen molar-refractivity contribution in [3.05, 3.63) is 33.9 Å². The normalized spacial score (nSPS) is 24.4. The molecule has 4 nitrogen and oxygen atoms in total. The van der Waals surface area contributed by atoms with E-state index in [0.29, 0.717) is 5.41 Å². The van der Waals surface area contributed by atoms with E-state index in [1.807, 2.05) is 7.05 Å². The Kier molecular flexibility index (Phi) is 6.89. The highest BCUT2D eigenvalue weighted by atomic mass is 16.1. The Labute approximate surface area is 213 Å². The van der Waals surface area contributed by atoms with Gasteiger partial charge in [0, 0.05) is 57.0 Å². The van der Waals surface area contributed by atoms with Crippen molar-refractivity contribution in [3.63, 3.8) is 0 Å². The summed E-state index contributed by atoms with van der Waals surface area (Å²) >= 11 is 0. The second kappa shape index (κ2) is 9.65. The Balaban J connectivity index is 1.26. The van der Waals surface area contributed by atoms with Crippen LogP contribution in [0.1, 0.15) is 112 Å². The van der Waals surface area contributed by atoms with Gasteiger partial charge in [-0.1, -0.05) is 26.8 Å². The fourth-order valence-corrected chi connectivity index (χ4v) is 7.03. The molecular weight excluding hydrogens is 430 g/mol. The molecule has 0 aromatic heterocycles. The molecule has 2 heterocycles. The van der Waals surface area contributed by atoms with E-state index >= 15 is 0 Å². The minimum absolute atomic E-state index is 0.144. The van der Waals surface area contributed by atoms with Gasteiger partial charge < -0.3 is 9.69 Å². The van der Waals surface area contributed by atoms with Gasteiger partial charge in [-0.3, -0.25) is 9.89 Å². The van der Waals surface area contributed by atoms with Gasteiger partial charge in [0.25, 0.3) is 0 Å². The monoisotopic (exact) mass is 477 g/mol. The summed E-state index contributed by atoms with van der Waals surface area (Å²) in [6.07, 6.45) is 12.1. The Hall–Kier alpha value is -1.68. The molecular formula is C31H47N3O. The first-order chi connectivity index (χ1) is 16.8. The van der Waals surface area contributed by atoms with Crippen LogP contribution in [0.4, 0.5) is 0 Å². The van der Waals surface area contributed by atoms with Gasteiger partial charge in [-0.05, 0) is 97.9 Å². The number of hydrogen-bond acceptors (Lipinski definition) is 3. The minimum atomic E-state index is -0.144. The number of aldehydes is 1. The first-order valence-electron chi connectivity index (χ1n) is 14.4. The van der Waals surface area contributed by atoms with Crippen LogP contribution < -0.4 is 0 Å². The number of likely N-dealkylation sites (tertiary alicyclic amines) is 2. The lowest BCUT2D eigenvalue weighted by atomic mass is 9.73. The molecule has 0 bridgehead atoms. The second-order valence-electron chi connectivity index (χ2n) is 12.6. The van der Waals surface area contributed by atoms with Crippen LogP contribution in [0.15, 0.2) is 11.1 Å². The zero-order valence-electron chi connectivity index (χ0n) is 23.0. The van der Waals surface area contributed by atoms with Crippen molar-refractivity contribution in [3.8, 4) is 0 Å². The van der Waals surface area contributed by atoms with Crippen molar-refractivity contribution in [2.45, 2.75) is 104 Å². The molecule has 0 spiro atoms. The molecule has 4 heteroatoms. The average Bonchev–Trinajstić information content (AvgIpc) is 3.75. The fraction of sp³-hybridized carbons (Fsp3) is 0.742. The maximum atomic E-state index is 11.5. The van der Waals surface area contributed by atoms with Crippen molar-refractivity contribution < 1.29 is 4.79 Å². The molecule has 0 atom stereocenters. The smallest absolute Gasteiger partial charge is 0.125 e. The van der Waals surface area contributed by atoms with E-state index in [9.17, 15) is 4.79 Å². The number of carbonyl (C=O) groups excluding carboxylic acids is 1. The minimum Gasteiger partial charge on any atom is -0.360 e. The highest BCUT2D eigenvalue weighted by Gasteiger charge is 2.44. The van der Waals surface area contributed by atoms with Crippen LogP contribution in [-0.4, -0.2) is 55.1 Å². The number of hydrogen-bond donors (Lipinski definition) is 0. The van der Waals surface area contributed by atoms with E-state index in [1.165, 1.54) is 57.3 Å². The molecule has 5 rings (SSSR count). The van der Waals surface area contributed by atoms with Crippen molar-refractivity contribution in [1.82, 2.24) is 9.80 Å². The number of benzene rings is 1. The maximum absolute atomic E-state index is 11.5. The molecule has 1 aromatic carbocycles. The summed E-state index contributed by atoms with van der Waals surface area (Å²) in [5.74, 6) is 2.95. The topological polar surface area (TPSA) is 35.9 Å². The summed E-state index contributed by atoms with van der Waals surface area (Å²) in [5.41, 5.74) is 8.53. The molecule has 0 amide bonds. The lowest BCUT2D eigenvalue weighted by molar-refractivity contribution is -0.117. The Bertz CT molecular complexity index is 973. The van der Waals surface area contributed by atoms with E-state index in [0.717, 1.165) is 57.2 Å². The highest BCUT2D eigenvalue weighted by Crippen LogP contribution is 2.52. The van der Waals surface area contributed by atoms with E-state index < -0.39 is 0 Å². The molecule has 0 N–H and O–H groups in total. The maximum Gasteiger partial charge on any atom is 0.125 e. The number of rotatable bonds is 9. The Morgan fingerprint density at radius 3 is 2.29 bits per heavy atom. The quantitative estimate of drug-likeness (QED) is 0.240. The molecule has 2 saturated heterocycles. The number of amidine groups is 1. The predicted molar refractivity (Wildman–Crippen MR) is 145 cm³/mol. The van der Waals surface area contributed by atoms with Gasteiger partial charge in [0.15, 0.2) is 0 Å². The summed E-state index contributed by atoms with van der Waals surface area (Å²) in [4.78, 5) is 21.4. The van der Waals surface area contributed by atoms with Gasteiger partial charge in [0.1, 0.15) is 6.29 Å². The molecule has 0 unspecified atom stereocenters. The molecule has 4 fully saturated rings. The summed E-state index contributed by atoms with van der Waals surface area (Å²) in [7, 11) is 1.96. The molecule has 2 aliphatic carbocycles. The van der Waals surface area contributed by atoms with E-state index in [-0.39, 0.29) is 5.41 Å². The third-order valence-electron chi connectivity index (χ3n) is 9.85. The SMILES string of the molecule is CCc1c(CN2CC(CC)(C/C(=N\C)N3CCC(C)(C=O)CC3)C2)cc(C2CC2)c(C2CC2)c1C. The zero-order valence-corrected chi connectivity index (χ0v) is 23.0. The van der Waals surface area contributed by atoms with Crippen molar-refractivity contribution in [2.75, 3.05) is 33.2 Å².